The van der Waals surface area contributed by atoms with E-state index >= 15 is 0 Å². The molecule has 2 rings (SSSR count). The van der Waals surface area contributed by atoms with Crippen molar-refractivity contribution < 1.29 is 0 Å². The van der Waals surface area contributed by atoms with Crippen molar-refractivity contribution in [3.05, 3.63) is 34.9 Å². The van der Waals surface area contributed by atoms with Crippen LogP contribution in [-0.4, -0.2) is 30.6 Å². The van der Waals surface area contributed by atoms with Crippen molar-refractivity contribution in [1.29, 1.82) is 0 Å². The number of likely N-dealkylation sites (tertiary alicyclic amines) is 1. The average molecular weight is 253 g/mol. The molecule has 0 bridgehead atoms. The molecule has 2 unspecified atom stereocenters. The van der Waals surface area contributed by atoms with Crippen LogP contribution >= 0.6 is 11.6 Å². The van der Waals surface area contributed by atoms with Gasteiger partial charge < -0.3 is 5.32 Å². The molecule has 0 amide bonds. The van der Waals surface area contributed by atoms with Crippen molar-refractivity contribution in [3.8, 4) is 0 Å². The quantitative estimate of drug-likeness (QED) is 0.886. The van der Waals surface area contributed by atoms with E-state index in [1.807, 2.05) is 12.1 Å². The maximum atomic E-state index is 6.25. The first-order valence-corrected chi connectivity index (χ1v) is 6.82. The Hall–Kier alpha value is -0.570. The Kier molecular flexibility index (Phi) is 4.43. The first-order chi connectivity index (χ1) is 8.22. The van der Waals surface area contributed by atoms with E-state index in [0.717, 1.165) is 24.7 Å². The summed E-state index contributed by atoms with van der Waals surface area (Å²) in [5.41, 5.74) is 1.24. The summed E-state index contributed by atoms with van der Waals surface area (Å²) in [7, 11) is 0. The summed E-state index contributed by atoms with van der Waals surface area (Å²) in [6.07, 6.45) is 1.24. The van der Waals surface area contributed by atoms with Gasteiger partial charge in [-0.2, -0.15) is 0 Å². The molecule has 0 saturated carbocycles. The molecule has 1 fully saturated rings. The summed E-state index contributed by atoms with van der Waals surface area (Å²) in [5.74, 6) is 0. The lowest BCUT2D eigenvalue weighted by Gasteiger charge is -2.25. The van der Waals surface area contributed by atoms with Crippen LogP contribution in [0, 0.1) is 0 Å². The van der Waals surface area contributed by atoms with E-state index in [1.54, 1.807) is 0 Å². The third kappa shape index (κ3) is 3.01. The van der Waals surface area contributed by atoms with Gasteiger partial charge >= 0.3 is 0 Å². The average Bonchev–Trinajstić information content (AvgIpc) is 2.78. The highest BCUT2D eigenvalue weighted by molar-refractivity contribution is 6.31. The zero-order valence-corrected chi connectivity index (χ0v) is 11.4. The molecular formula is C14H21ClN2. The van der Waals surface area contributed by atoms with Gasteiger partial charge in [-0.15, -0.1) is 0 Å². The highest BCUT2D eigenvalue weighted by Crippen LogP contribution is 2.29. The monoisotopic (exact) mass is 252 g/mol. The standard InChI is InChI=1S/C14H21ClN2/c1-3-16-12-8-9-17(10-12)11(2)13-6-4-5-7-14(13)15/h4-7,11-12,16H,3,8-10H2,1-2H3. The van der Waals surface area contributed by atoms with E-state index in [4.69, 9.17) is 11.6 Å². The van der Waals surface area contributed by atoms with Gasteiger partial charge in [0.2, 0.25) is 0 Å². The van der Waals surface area contributed by atoms with Crippen LogP contribution < -0.4 is 5.32 Å². The fraction of sp³-hybridized carbons (Fsp3) is 0.571. The van der Waals surface area contributed by atoms with Crippen LogP contribution in [0.25, 0.3) is 0 Å². The van der Waals surface area contributed by atoms with Crippen LogP contribution in [0.1, 0.15) is 31.9 Å². The van der Waals surface area contributed by atoms with Gasteiger partial charge in [-0.1, -0.05) is 36.7 Å². The lowest BCUT2D eigenvalue weighted by atomic mass is 10.1. The van der Waals surface area contributed by atoms with Crippen molar-refractivity contribution >= 4 is 11.6 Å². The van der Waals surface area contributed by atoms with E-state index in [9.17, 15) is 0 Å². The Morgan fingerprint density at radius 2 is 2.24 bits per heavy atom. The topological polar surface area (TPSA) is 15.3 Å². The minimum atomic E-state index is 0.410. The molecule has 1 N–H and O–H groups in total. The van der Waals surface area contributed by atoms with Crippen molar-refractivity contribution in [1.82, 2.24) is 10.2 Å². The molecule has 2 atom stereocenters. The first-order valence-electron chi connectivity index (χ1n) is 6.44. The molecular weight excluding hydrogens is 232 g/mol. The van der Waals surface area contributed by atoms with Crippen LogP contribution in [0.3, 0.4) is 0 Å². The molecule has 2 nitrogen and oxygen atoms in total. The third-order valence-corrected chi connectivity index (χ3v) is 3.96. The summed E-state index contributed by atoms with van der Waals surface area (Å²) in [6.45, 7) is 7.75. The maximum absolute atomic E-state index is 6.25. The first kappa shape index (κ1) is 12.9. The van der Waals surface area contributed by atoms with Crippen LogP contribution in [0.4, 0.5) is 0 Å². The predicted octanol–water partition coefficient (Wildman–Crippen LogP) is 3.08. The molecule has 17 heavy (non-hydrogen) atoms. The van der Waals surface area contributed by atoms with E-state index in [2.05, 4.69) is 36.2 Å². The van der Waals surface area contributed by atoms with Crippen molar-refractivity contribution in [2.45, 2.75) is 32.4 Å². The second kappa shape index (κ2) is 5.85. The molecule has 0 spiro atoms. The van der Waals surface area contributed by atoms with Gasteiger partial charge in [-0.3, -0.25) is 4.90 Å². The molecule has 1 saturated heterocycles. The largest absolute Gasteiger partial charge is 0.313 e. The SMILES string of the molecule is CCNC1CCN(C(C)c2ccccc2Cl)C1. The van der Waals surface area contributed by atoms with Gasteiger partial charge in [-0.25, -0.2) is 0 Å². The Morgan fingerprint density at radius 1 is 1.47 bits per heavy atom. The number of halogens is 1. The highest BCUT2D eigenvalue weighted by Gasteiger charge is 2.26. The number of nitrogens with one attached hydrogen (secondary N) is 1. The second-order valence-corrected chi connectivity index (χ2v) is 5.14. The zero-order valence-electron chi connectivity index (χ0n) is 10.6. The third-order valence-electron chi connectivity index (χ3n) is 3.62. The highest BCUT2D eigenvalue weighted by atomic mass is 35.5. The van der Waals surface area contributed by atoms with Crippen LogP contribution in [0.15, 0.2) is 24.3 Å². The van der Waals surface area contributed by atoms with Crippen molar-refractivity contribution in [3.63, 3.8) is 0 Å². The molecule has 3 heteroatoms. The Labute approximate surface area is 109 Å². The molecule has 1 heterocycles. The fourth-order valence-electron chi connectivity index (χ4n) is 2.60. The Balaban J connectivity index is 2.02. The minimum Gasteiger partial charge on any atom is -0.313 e. The van der Waals surface area contributed by atoms with Gasteiger partial charge in [0.25, 0.3) is 0 Å². The van der Waals surface area contributed by atoms with E-state index in [1.165, 1.54) is 12.0 Å². The van der Waals surface area contributed by atoms with E-state index < -0.39 is 0 Å². The van der Waals surface area contributed by atoms with Crippen LogP contribution in [0.2, 0.25) is 5.02 Å². The molecule has 0 radical (unpaired) electrons. The number of likely N-dealkylation sites (N-methyl/N-ethyl adjacent to an activating group) is 1. The molecule has 1 aliphatic heterocycles. The summed E-state index contributed by atoms with van der Waals surface area (Å²) in [5, 5.41) is 4.40. The van der Waals surface area contributed by atoms with Gasteiger partial charge in [0.05, 0.1) is 0 Å². The number of rotatable bonds is 4. The normalized spacial score (nSPS) is 22.9. The summed E-state index contributed by atoms with van der Waals surface area (Å²) >= 11 is 6.25. The molecule has 0 aliphatic carbocycles. The molecule has 0 aromatic heterocycles. The molecule has 94 valence electrons. The van der Waals surface area contributed by atoms with E-state index in [0.29, 0.717) is 12.1 Å². The summed E-state index contributed by atoms with van der Waals surface area (Å²) in [6, 6.07) is 9.22. The number of hydrogen-bond donors (Lipinski definition) is 1. The van der Waals surface area contributed by atoms with Gasteiger partial charge in [0.15, 0.2) is 0 Å². The fourth-order valence-corrected chi connectivity index (χ4v) is 2.90. The maximum Gasteiger partial charge on any atom is 0.0453 e. The van der Waals surface area contributed by atoms with Crippen LogP contribution in [0.5, 0.6) is 0 Å². The van der Waals surface area contributed by atoms with Crippen LogP contribution in [-0.2, 0) is 0 Å². The summed E-state index contributed by atoms with van der Waals surface area (Å²) in [4.78, 5) is 2.51. The second-order valence-electron chi connectivity index (χ2n) is 4.74. The minimum absolute atomic E-state index is 0.410. The molecule has 1 aliphatic rings. The zero-order chi connectivity index (χ0) is 12.3. The van der Waals surface area contributed by atoms with Crippen molar-refractivity contribution in [2.24, 2.45) is 0 Å². The lowest BCUT2D eigenvalue weighted by Crippen LogP contribution is -2.33. The number of nitrogens with zero attached hydrogens (tertiary/aromatic N) is 1. The van der Waals surface area contributed by atoms with Gasteiger partial charge in [0, 0.05) is 30.2 Å². The van der Waals surface area contributed by atoms with Gasteiger partial charge in [-0.05, 0) is 31.5 Å². The predicted molar refractivity (Wildman–Crippen MR) is 73.5 cm³/mol. The van der Waals surface area contributed by atoms with Crippen molar-refractivity contribution in [2.75, 3.05) is 19.6 Å². The Morgan fingerprint density at radius 3 is 2.94 bits per heavy atom. The smallest absolute Gasteiger partial charge is 0.0453 e. The summed E-state index contributed by atoms with van der Waals surface area (Å²) < 4.78 is 0. The lowest BCUT2D eigenvalue weighted by molar-refractivity contribution is 0.256. The van der Waals surface area contributed by atoms with Gasteiger partial charge in [0.1, 0.15) is 0 Å². The van der Waals surface area contributed by atoms with E-state index in [-0.39, 0.29) is 0 Å². The molecule has 1 aromatic rings. The number of hydrogen-bond acceptors (Lipinski definition) is 2. The number of benzene rings is 1. The Bertz CT molecular complexity index is 367. The molecule has 1 aromatic carbocycles.